The Morgan fingerprint density at radius 3 is 2.39 bits per heavy atom. The van der Waals surface area contributed by atoms with Crippen molar-refractivity contribution >= 4 is 33.6 Å². The third kappa shape index (κ3) is 5.57. The van der Waals surface area contributed by atoms with E-state index in [2.05, 4.69) is 40.7 Å². The minimum Gasteiger partial charge on any atom is -0.481 e. The number of fused-ring (bicyclic) bond motifs is 2. The first-order chi connectivity index (χ1) is 19.9. The second kappa shape index (κ2) is 11.2. The maximum Gasteiger partial charge on any atom is 0.306 e. The summed E-state index contributed by atoms with van der Waals surface area (Å²) in [5.74, 6) is -1.34. The highest BCUT2D eigenvalue weighted by atomic mass is 19.1. The first kappa shape index (κ1) is 26.7. The summed E-state index contributed by atoms with van der Waals surface area (Å²) in [6.45, 7) is 2.50. The minimum absolute atomic E-state index is 0.112. The lowest BCUT2D eigenvalue weighted by atomic mass is 9.79. The molecule has 0 unspecified atom stereocenters. The number of carboxylic acid groups (broad SMARTS) is 1. The Morgan fingerprint density at radius 2 is 1.66 bits per heavy atom. The maximum absolute atomic E-state index is 13.9. The molecule has 1 aliphatic carbocycles. The molecule has 0 aliphatic heterocycles. The van der Waals surface area contributed by atoms with Gasteiger partial charge in [0.25, 0.3) is 5.91 Å². The molecule has 6 rings (SSSR count). The number of halogens is 1. The Morgan fingerprint density at radius 1 is 0.927 bits per heavy atom. The van der Waals surface area contributed by atoms with E-state index >= 15 is 0 Å². The van der Waals surface area contributed by atoms with Crippen LogP contribution in [0.2, 0.25) is 0 Å². The highest BCUT2D eigenvalue weighted by molar-refractivity contribution is 6.07. The summed E-state index contributed by atoms with van der Waals surface area (Å²) in [7, 11) is 0. The van der Waals surface area contributed by atoms with Crippen LogP contribution in [0.25, 0.3) is 32.8 Å². The van der Waals surface area contributed by atoms with Gasteiger partial charge >= 0.3 is 5.97 Å². The summed E-state index contributed by atoms with van der Waals surface area (Å²) in [4.78, 5) is 25.3. The first-order valence-electron chi connectivity index (χ1n) is 14.1. The number of carbonyl (C=O) groups is 2. The van der Waals surface area contributed by atoms with E-state index < -0.39 is 5.97 Å². The molecule has 1 saturated carbocycles. The fraction of sp³-hybridized carbons (Fsp3) is 0.265. The Labute approximate surface area is 237 Å². The van der Waals surface area contributed by atoms with Crippen LogP contribution in [0.1, 0.15) is 48.5 Å². The number of nitrogens with zero attached hydrogens (tertiary/aromatic N) is 2. The molecule has 1 aliphatic rings. The number of aromatic nitrogens is 2. The van der Waals surface area contributed by atoms with Gasteiger partial charge in [-0.1, -0.05) is 48.5 Å². The number of aliphatic carboxylic acids is 1. The Kier molecular flexibility index (Phi) is 7.26. The molecule has 0 bridgehead atoms. The number of nitrogens with one attached hydrogen (secondary N) is 1. The second-order valence-corrected chi connectivity index (χ2v) is 11.2. The van der Waals surface area contributed by atoms with Crippen LogP contribution in [0.4, 0.5) is 4.39 Å². The molecule has 1 fully saturated rings. The normalized spacial score (nSPS) is 17.9. The van der Waals surface area contributed by atoms with Crippen LogP contribution in [-0.2, 0) is 11.3 Å². The summed E-state index contributed by atoms with van der Waals surface area (Å²) >= 11 is 0. The van der Waals surface area contributed by atoms with E-state index in [4.69, 9.17) is 0 Å². The summed E-state index contributed by atoms with van der Waals surface area (Å²) in [5, 5.41) is 20.4. The van der Waals surface area contributed by atoms with Crippen LogP contribution in [0, 0.1) is 17.7 Å². The molecule has 7 heteroatoms. The van der Waals surface area contributed by atoms with Crippen molar-refractivity contribution < 1.29 is 19.1 Å². The van der Waals surface area contributed by atoms with E-state index in [1.54, 1.807) is 18.3 Å². The first-order valence-corrected chi connectivity index (χ1v) is 14.1. The van der Waals surface area contributed by atoms with Crippen molar-refractivity contribution in [1.82, 2.24) is 15.1 Å². The lowest BCUT2D eigenvalue weighted by molar-refractivity contribution is -0.143. The van der Waals surface area contributed by atoms with E-state index in [1.165, 1.54) is 12.1 Å². The molecule has 2 N–H and O–H groups in total. The van der Waals surface area contributed by atoms with Crippen LogP contribution in [0.15, 0.2) is 85.1 Å². The Balaban J connectivity index is 1.34. The summed E-state index contributed by atoms with van der Waals surface area (Å²) in [5.41, 5.74) is 3.94. The third-order valence-electron chi connectivity index (χ3n) is 8.49. The number of hydrogen-bond donors (Lipinski definition) is 2. The van der Waals surface area contributed by atoms with Crippen molar-refractivity contribution in [2.24, 2.45) is 11.8 Å². The number of carboxylic acids is 1. The SMILES string of the molecule is C[C@H](NC(=O)c1cc(-c2ccc(F)cc2)cc2cnn(Cc3ccc4ccccc4c3)c12)C1CCC(C(=O)O)CC1. The molecule has 1 atom stereocenters. The van der Waals surface area contributed by atoms with E-state index in [1.807, 2.05) is 35.9 Å². The molecule has 0 radical (unpaired) electrons. The van der Waals surface area contributed by atoms with Crippen molar-refractivity contribution in [3.05, 3.63) is 102 Å². The van der Waals surface area contributed by atoms with Crippen molar-refractivity contribution in [2.45, 2.75) is 45.2 Å². The van der Waals surface area contributed by atoms with Gasteiger partial charge in [0.15, 0.2) is 0 Å². The fourth-order valence-corrected chi connectivity index (χ4v) is 6.11. The zero-order valence-electron chi connectivity index (χ0n) is 22.9. The average Bonchev–Trinajstić information content (AvgIpc) is 3.39. The quantitative estimate of drug-likeness (QED) is 0.228. The molecule has 208 valence electrons. The van der Waals surface area contributed by atoms with Crippen LogP contribution in [-0.4, -0.2) is 32.8 Å². The lowest BCUT2D eigenvalue weighted by Crippen LogP contribution is -2.40. The van der Waals surface area contributed by atoms with E-state index in [-0.39, 0.29) is 29.6 Å². The number of rotatable bonds is 7. The fourth-order valence-electron chi connectivity index (χ4n) is 6.11. The van der Waals surface area contributed by atoms with Crippen molar-refractivity contribution in [3.63, 3.8) is 0 Å². The van der Waals surface area contributed by atoms with Crippen molar-refractivity contribution in [1.29, 1.82) is 0 Å². The predicted molar refractivity (Wildman–Crippen MR) is 158 cm³/mol. The van der Waals surface area contributed by atoms with Gasteiger partial charge < -0.3 is 10.4 Å². The van der Waals surface area contributed by atoms with Gasteiger partial charge in [-0.25, -0.2) is 4.39 Å². The molecule has 41 heavy (non-hydrogen) atoms. The smallest absolute Gasteiger partial charge is 0.306 e. The molecule has 1 heterocycles. The van der Waals surface area contributed by atoms with Gasteiger partial charge in [-0.15, -0.1) is 0 Å². The van der Waals surface area contributed by atoms with Gasteiger partial charge in [-0.05, 0) is 96.3 Å². The zero-order valence-corrected chi connectivity index (χ0v) is 22.9. The standard InChI is InChI=1S/C34H32FN3O3/c1-21(23-8-10-26(11-9-23)34(40)41)37-33(39)31-18-28(25-12-14-30(35)15-13-25)17-29-19-36-38(32(29)31)20-22-6-7-24-4-2-3-5-27(24)16-22/h2-7,12-19,21,23,26H,8-11,20H2,1H3,(H,37,39)(H,40,41)/t21-,23?,26?/m0/s1. The molecule has 4 aromatic carbocycles. The minimum atomic E-state index is -0.736. The second-order valence-electron chi connectivity index (χ2n) is 11.2. The third-order valence-corrected chi connectivity index (χ3v) is 8.49. The molecule has 1 amide bonds. The monoisotopic (exact) mass is 549 g/mol. The van der Waals surface area contributed by atoms with Gasteiger partial charge in [-0.3, -0.25) is 14.3 Å². The number of hydrogen-bond acceptors (Lipinski definition) is 3. The molecule has 0 spiro atoms. The highest BCUT2D eigenvalue weighted by Crippen LogP contribution is 2.32. The number of amides is 1. The van der Waals surface area contributed by atoms with Crippen molar-refractivity contribution in [2.75, 3.05) is 0 Å². The molecule has 5 aromatic rings. The van der Waals surface area contributed by atoms with Crippen LogP contribution in [0.5, 0.6) is 0 Å². The number of carbonyl (C=O) groups excluding carboxylic acids is 1. The molecule has 0 saturated heterocycles. The van der Waals surface area contributed by atoms with E-state index in [0.717, 1.165) is 51.2 Å². The van der Waals surface area contributed by atoms with E-state index in [9.17, 15) is 19.1 Å². The molecule has 6 nitrogen and oxygen atoms in total. The van der Waals surface area contributed by atoms with E-state index in [0.29, 0.717) is 24.9 Å². The van der Waals surface area contributed by atoms with Gasteiger partial charge in [-0.2, -0.15) is 5.10 Å². The topological polar surface area (TPSA) is 84.2 Å². The molecular formula is C34H32FN3O3. The Hall–Kier alpha value is -4.52. The van der Waals surface area contributed by atoms with Crippen LogP contribution >= 0.6 is 0 Å². The lowest BCUT2D eigenvalue weighted by Gasteiger charge is -2.31. The largest absolute Gasteiger partial charge is 0.481 e. The van der Waals surface area contributed by atoms with Crippen LogP contribution in [0.3, 0.4) is 0 Å². The molecule has 1 aromatic heterocycles. The summed E-state index contributed by atoms with van der Waals surface area (Å²) < 4.78 is 15.5. The predicted octanol–water partition coefficient (Wildman–Crippen LogP) is 7.05. The van der Waals surface area contributed by atoms with Gasteiger partial charge in [0.05, 0.1) is 29.7 Å². The average molecular weight is 550 g/mol. The maximum atomic E-state index is 13.9. The van der Waals surface area contributed by atoms with Crippen molar-refractivity contribution in [3.8, 4) is 11.1 Å². The summed E-state index contributed by atoms with van der Waals surface area (Å²) in [6, 6.07) is 24.5. The van der Waals surface area contributed by atoms with Crippen LogP contribution < -0.4 is 5.32 Å². The summed E-state index contributed by atoms with van der Waals surface area (Å²) in [6.07, 6.45) is 4.57. The Bertz CT molecular complexity index is 1740. The van der Waals surface area contributed by atoms with Gasteiger partial charge in [0, 0.05) is 11.4 Å². The number of benzene rings is 4. The van der Waals surface area contributed by atoms with Gasteiger partial charge in [0.2, 0.25) is 0 Å². The zero-order chi connectivity index (χ0) is 28.5. The highest BCUT2D eigenvalue weighted by Gasteiger charge is 2.30. The van der Waals surface area contributed by atoms with Gasteiger partial charge in [0.1, 0.15) is 5.82 Å². The molecular weight excluding hydrogens is 517 g/mol.